The zero-order valence-corrected chi connectivity index (χ0v) is 15.1. The quantitative estimate of drug-likeness (QED) is 0.246. The van der Waals surface area contributed by atoms with Gasteiger partial charge < -0.3 is 32.3 Å². The van der Waals surface area contributed by atoms with Crippen LogP contribution in [0.3, 0.4) is 0 Å². The van der Waals surface area contributed by atoms with Gasteiger partial charge in [0.1, 0.15) is 12.1 Å². The van der Waals surface area contributed by atoms with Crippen molar-refractivity contribution in [2.45, 2.75) is 43.8 Å². The molecule has 0 aromatic heterocycles. The van der Waals surface area contributed by atoms with Crippen molar-refractivity contribution in [3.8, 4) is 0 Å². The number of nitrogens with two attached hydrogens (primary N) is 2. The molecule has 0 saturated heterocycles. The molecule has 150 valence electrons. The van der Waals surface area contributed by atoms with E-state index >= 15 is 0 Å². The first-order valence-corrected chi connectivity index (χ1v) is 8.83. The van der Waals surface area contributed by atoms with Crippen molar-refractivity contribution >= 4 is 17.8 Å². The Bertz CT molecular complexity index is 611. The second kappa shape index (κ2) is 12.0. The van der Waals surface area contributed by atoms with E-state index in [2.05, 4.69) is 10.6 Å². The Morgan fingerprint density at radius 1 is 1.00 bits per heavy atom. The second-order valence-electron chi connectivity index (χ2n) is 6.22. The van der Waals surface area contributed by atoms with Gasteiger partial charge in [-0.3, -0.25) is 9.59 Å². The molecule has 0 aliphatic rings. The number of hydrogen-bond acceptors (Lipinski definition) is 6. The summed E-state index contributed by atoms with van der Waals surface area (Å²) in [7, 11) is 0. The fraction of sp³-hybridized carbons (Fsp3) is 0.500. The molecule has 0 fully saturated rings. The van der Waals surface area contributed by atoms with Crippen LogP contribution in [0.1, 0.15) is 24.8 Å². The molecule has 0 aliphatic carbocycles. The van der Waals surface area contributed by atoms with E-state index in [4.69, 9.17) is 11.5 Å². The third-order valence-electron chi connectivity index (χ3n) is 4.01. The van der Waals surface area contributed by atoms with Gasteiger partial charge in [-0.2, -0.15) is 0 Å². The van der Waals surface area contributed by atoms with E-state index in [1.165, 1.54) is 0 Å². The minimum absolute atomic E-state index is 0.206. The minimum Gasteiger partial charge on any atom is -0.480 e. The molecule has 8 N–H and O–H groups in total. The Morgan fingerprint density at radius 2 is 1.63 bits per heavy atom. The average Bonchev–Trinajstić information content (AvgIpc) is 2.65. The molecule has 2 amide bonds. The molecule has 1 aromatic rings. The Kier molecular flexibility index (Phi) is 10.0. The Labute approximate surface area is 158 Å². The van der Waals surface area contributed by atoms with E-state index in [-0.39, 0.29) is 12.8 Å². The number of nitrogens with one attached hydrogen (secondary N) is 2. The molecule has 0 radical (unpaired) electrons. The SMILES string of the molecule is NCCCC[C@H](NC(=O)[C@H](CO)NC(=O)[C@@H](N)Cc1ccccc1)C(=O)O. The van der Waals surface area contributed by atoms with Crippen molar-refractivity contribution in [2.24, 2.45) is 11.5 Å². The van der Waals surface area contributed by atoms with Crippen molar-refractivity contribution in [1.29, 1.82) is 0 Å². The minimum atomic E-state index is -1.28. The van der Waals surface area contributed by atoms with Gasteiger partial charge in [0, 0.05) is 0 Å². The summed E-state index contributed by atoms with van der Waals surface area (Å²) in [5, 5.41) is 23.3. The summed E-state index contributed by atoms with van der Waals surface area (Å²) in [5.41, 5.74) is 12.1. The van der Waals surface area contributed by atoms with Gasteiger partial charge in [0.05, 0.1) is 12.6 Å². The van der Waals surface area contributed by atoms with E-state index in [0.29, 0.717) is 19.4 Å². The van der Waals surface area contributed by atoms with Crippen LogP contribution < -0.4 is 22.1 Å². The van der Waals surface area contributed by atoms with Crippen molar-refractivity contribution in [2.75, 3.05) is 13.2 Å². The van der Waals surface area contributed by atoms with Crippen LogP contribution in [0.2, 0.25) is 0 Å². The van der Waals surface area contributed by atoms with Crippen molar-refractivity contribution in [3.05, 3.63) is 35.9 Å². The van der Waals surface area contributed by atoms with Gasteiger partial charge in [-0.25, -0.2) is 4.79 Å². The maximum absolute atomic E-state index is 12.2. The molecule has 1 rings (SSSR count). The van der Waals surface area contributed by atoms with Crippen LogP contribution in [0.4, 0.5) is 0 Å². The number of aliphatic hydroxyl groups excluding tert-OH is 1. The fourth-order valence-electron chi connectivity index (χ4n) is 2.46. The third kappa shape index (κ3) is 8.16. The van der Waals surface area contributed by atoms with Crippen LogP contribution in [0.15, 0.2) is 30.3 Å². The number of aliphatic carboxylic acids is 1. The number of aliphatic hydroxyl groups is 1. The summed E-state index contributed by atoms with van der Waals surface area (Å²) >= 11 is 0. The van der Waals surface area contributed by atoms with Crippen LogP contribution in [0.5, 0.6) is 0 Å². The van der Waals surface area contributed by atoms with Crippen molar-refractivity contribution in [3.63, 3.8) is 0 Å². The molecule has 0 saturated carbocycles. The number of carbonyl (C=O) groups excluding carboxylic acids is 2. The summed E-state index contributed by atoms with van der Waals surface area (Å²) in [6, 6.07) is 5.82. The maximum Gasteiger partial charge on any atom is 0.326 e. The molecule has 0 spiro atoms. The lowest BCUT2D eigenvalue weighted by atomic mass is 10.1. The van der Waals surface area contributed by atoms with Crippen LogP contribution in [-0.2, 0) is 20.8 Å². The Balaban J connectivity index is 2.60. The van der Waals surface area contributed by atoms with Gasteiger partial charge in [0.25, 0.3) is 0 Å². The summed E-state index contributed by atoms with van der Waals surface area (Å²) in [4.78, 5) is 35.7. The van der Waals surface area contributed by atoms with Gasteiger partial charge in [0.2, 0.25) is 11.8 Å². The fourth-order valence-corrected chi connectivity index (χ4v) is 2.46. The predicted octanol–water partition coefficient (Wildman–Crippen LogP) is -1.27. The second-order valence-corrected chi connectivity index (χ2v) is 6.22. The lowest BCUT2D eigenvalue weighted by Crippen LogP contribution is -2.56. The summed E-state index contributed by atoms with van der Waals surface area (Å²) in [5.74, 6) is -2.58. The van der Waals surface area contributed by atoms with Gasteiger partial charge in [-0.1, -0.05) is 30.3 Å². The van der Waals surface area contributed by atoms with E-state index in [0.717, 1.165) is 5.56 Å². The average molecular weight is 380 g/mol. The van der Waals surface area contributed by atoms with Crippen LogP contribution in [0, 0.1) is 0 Å². The van der Waals surface area contributed by atoms with Crippen LogP contribution >= 0.6 is 0 Å². The van der Waals surface area contributed by atoms with E-state index < -0.39 is 42.5 Å². The molecular formula is C18H28N4O5. The number of benzene rings is 1. The lowest BCUT2D eigenvalue weighted by Gasteiger charge is -2.21. The molecule has 3 atom stereocenters. The number of carbonyl (C=O) groups is 3. The molecule has 27 heavy (non-hydrogen) atoms. The number of rotatable bonds is 12. The highest BCUT2D eigenvalue weighted by Gasteiger charge is 2.27. The first kappa shape index (κ1) is 22.6. The monoisotopic (exact) mass is 380 g/mol. The molecule has 9 nitrogen and oxygen atoms in total. The van der Waals surface area contributed by atoms with E-state index in [1.54, 1.807) is 0 Å². The van der Waals surface area contributed by atoms with Crippen molar-refractivity contribution in [1.82, 2.24) is 10.6 Å². The zero-order valence-electron chi connectivity index (χ0n) is 15.1. The highest BCUT2D eigenvalue weighted by Crippen LogP contribution is 2.03. The van der Waals surface area contributed by atoms with Gasteiger partial charge in [-0.15, -0.1) is 0 Å². The Hall–Kier alpha value is -2.49. The smallest absolute Gasteiger partial charge is 0.326 e. The molecule has 0 bridgehead atoms. The summed E-state index contributed by atoms with van der Waals surface area (Å²) in [6.45, 7) is -0.250. The van der Waals surface area contributed by atoms with E-state index in [9.17, 15) is 24.6 Å². The zero-order chi connectivity index (χ0) is 20.2. The summed E-state index contributed by atoms with van der Waals surface area (Å²) in [6.07, 6.45) is 1.64. The normalized spacial score (nSPS) is 14.0. The maximum atomic E-state index is 12.2. The van der Waals surface area contributed by atoms with Gasteiger partial charge in [-0.05, 0) is 37.8 Å². The predicted molar refractivity (Wildman–Crippen MR) is 99.6 cm³/mol. The van der Waals surface area contributed by atoms with Gasteiger partial charge >= 0.3 is 5.97 Å². The lowest BCUT2D eigenvalue weighted by molar-refractivity contribution is -0.142. The summed E-state index contributed by atoms with van der Waals surface area (Å²) < 4.78 is 0. The molecule has 0 aliphatic heterocycles. The van der Waals surface area contributed by atoms with Gasteiger partial charge in [0.15, 0.2) is 0 Å². The van der Waals surface area contributed by atoms with Crippen LogP contribution in [-0.4, -0.2) is 59.3 Å². The standard InChI is InChI=1S/C18H28N4O5/c19-9-5-4-8-14(18(26)27)21-17(25)15(11-23)22-16(24)13(20)10-12-6-2-1-3-7-12/h1-3,6-7,13-15,23H,4-5,8-11,19-20H2,(H,21,25)(H,22,24)(H,26,27)/t13-,14-,15-/m0/s1. The molecule has 0 heterocycles. The first-order valence-electron chi connectivity index (χ1n) is 8.83. The van der Waals surface area contributed by atoms with E-state index in [1.807, 2.05) is 30.3 Å². The third-order valence-corrected chi connectivity index (χ3v) is 4.01. The van der Waals surface area contributed by atoms with Crippen molar-refractivity contribution < 1.29 is 24.6 Å². The largest absolute Gasteiger partial charge is 0.480 e. The number of hydrogen-bond donors (Lipinski definition) is 6. The number of unbranched alkanes of at least 4 members (excludes halogenated alkanes) is 1. The molecular weight excluding hydrogens is 352 g/mol. The number of carboxylic acids is 1. The first-order chi connectivity index (χ1) is 12.9. The number of amides is 2. The Morgan fingerprint density at radius 3 is 2.19 bits per heavy atom. The molecule has 9 heteroatoms. The molecule has 1 aromatic carbocycles. The topological polar surface area (TPSA) is 168 Å². The highest BCUT2D eigenvalue weighted by atomic mass is 16.4. The van der Waals surface area contributed by atoms with Crippen LogP contribution in [0.25, 0.3) is 0 Å². The number of carboxylic acid groups (broad SMARTS) is 1. The molecule has 0 unspecified atom stereocenters. The highest BCUT2D eigenvalue weighted by molar-refractivity contribution is 5.91.